The van der Waals surface area contributed by atoms with Crippen molar-refractivity contribution in [2.24, 2.45) is 29.6 Å². The van der Waals surface area contributed by atoms with Gasteiger partial charge in [-0.2, -0.15) is 0 Å². The van der Waals surface area contributed by atoms with Gasteiger partial charge < -0.3 is 0 Å². The van der Waals surface area contributed by atoms with E-state index in [0.717, 1.165) is 0 Å². The molecule has 1 saturated carbocycles. The Morgan fingerprint density at radius 2 is 1.25 bits per heavy atom. The number of nitrogens with zero attached hydrogens (tertiary/aromatic N) is 1. The van der Waals surface area contributed by atoms with Crippen molar-refractivity contribution in [2.45, 2.75) is 20.8 Å². The van der Waals surface area contributed by atoms with Gasteiger partial charge in [0.2, 0.25) is 11.8 Å². The van der Waals surface area contributed by atoms with Crippen LogP contribution >= 0.6 is 0 Å². The highest BCUT2D eigenvalue weighted by atomic mass is 16.2. The van der Waals surface area contributed by atoms with Crippen LogP contribution in [0.5, 0.6) is 0 Å². The van der Waals surface area contributed by atoms with Gasteiger partial charge in [0.1, 0.15) is 0 Å². The van der Waals surface area contributed by atoms with Gasteiger partial charge in [-0.05, 0) is 31.6 Å². The van der Waals surface area contributed by atoms with Gasteiger partial charge in [-0.3, -0.25) is 14.5 Å². The normalized spacial score (nSPS) is 46.0. The molecule has 0 radical (unpaired) electrons. The Bertz CT molecular complexity index is 399. The quantitative estimate of drug-likeness (QED) is 0.457. The molecule has 3 heteroatoms. The monoisotopic (exact) mass is 219 g/mol. The van der Waals surface area contributed by atoms with Crippen LogP contribution in [0, 0.1) is 29.6 Å². The first-order valence-corrected chi connectivity index (χ1v) is 5.95. The number of rotatable bonds is 0. The number of carbonyl (C=O) groups excluding carboxylic acids is 2. The first kappa shape index (κ1) is 10.1. The van der Waals surface area contributed by atoms with Crippen molar-refractivity contribution in [3.8, 4) is 0 Å². The van der Waals surface area contributed by atoms with Gasteiger partial charge in [-0.15, -0.1) is 0 Å². The summed E-state index contributed by atoms with van der Waals surface area (Å²) >= 11 is 0. The van der Waals surface area contributed by atoms with Crippen molar-refractivity contribution in [2.75, 3.05) is 7.05 Å². The Morgan fingerprint density at radius 3 is 1.62 bits per heavy atom. The topological polar surface area (TPSA) is 37.4 Å². The molecule has 1 saturated heterocycles. The Hall–Kier alpha value is -1.12. The maximum absolute atomic E-state index is 12.1. The van der Waals surface area contributed by atoms with Crippen molar-refractivity contribution in [1.29, 1.82) is 0 Å². The lowest BCUT2D eigenvalue weighted by Gasteiger charge is -2.22. The third-order valence-corrected chi connectivity index (χ3v) is 5.15. The molecule has 2 fully saturated rings. The van der Waals surface area contributed by atoms with Crippen LogP contribution in [-0.4, -0.2) is 23.8 Å². The molecule has 1 heterocycles. The Kier molecular flexibility index (Phi) is 1.74. The van der Waals surface area contributed by atoms with Gasteiger partial charge in [0, 0.05) is 7.05 Å². The van der Waals surface area contributed by atoms with Crippen LogP contribution < -0.4 is 0 Å². The summed E-state index contributed by atoms with van der Waals surface area (Å²) in [7, 11) is 1.62. The van der Waals surface area contributed by atoms with Gasteiger partial charge in [-0.25, -0.2) is 0 Å². The minimum atomic E-state index is -0.0544. The predicted octanol–water partition coefficient (Wildman–Crippen LogP) is 1.45. The molecular weight excluding hydrogens is 202 g/mol. The summed E-state index contributed by atoms with van der Waals surface area (Å²) in [6, 6.07) is 0. The number of hydrogen-bond donors (Lipinski definition) is 0. The van der Waals surface area contributed by atoms with E-state index in [2.05, 4.69) is 20.8 Å². The first-order valence-electron chi connectivity index (χ1n) is 5.95. The largest absolute Gasteiger partial charge is 0.285 e. The fourth-order valence-corrected chi connectivity index (χ4v) is 4.35. The van der Waals surface area contributed by atoms with Gasteiger partial charge in [0.05, 0.1) is 11.8 Å². The second-order valence-electron chi connectivity index (χ2n) is 5.56. The Labute approximate surface area is 95.5 Å². The average Bonchev–Trinajstić information content (AvgIpc) is 2.73. The number of allylic oxidation sites excluding steroid dienone is 2. The zero-order valence-electron chi connectivity index (χ0n) is 10.2. The molecule has 0 aromatic carbocycles. The van der Waals surface area contributed by atoms with Crippen LogP contribution in [0.4, 0.5) is 0 Å². The van der Waals surface area contributed by atoms with Crippen molar-refractivity contribution < 1.29 is 9.59 Å². The molecule has 0 aromatic heterocycles. The van der Waals surface area contributed by atoms with Crippen LogP contribution in [0.1, 0.15) is 20.8 Å². The molecule has 0 N–H and O–H groups in total. The van der Waals surface area contributed by atoms with E-state index in [1.807, 2.05) is 0 Å². The molecule has 1 aliphatic heterocycles. The second kappa shape index (κ2) is 2.76. The smallest absolute Gasteiger partial charge is 0.233 e. The Morgan fingerprint density at radius 1 is 0.875 bits per heavy atom. The van der Waals surface area contributed by atoms with E-state index >= 15 is 0 Å². The summed E-state index contributed by atoms with van der Waals surface area (Å²) in [5.74, 6) is 1.08. The van der Waals surface area contributed by atoms with E-state index in [4.69, 9.17) is 0 Å². The molecule has 4 unspecified atom stereocenters. The summed E-state index contributed by atoms with van der Waals surface area (Å²) in [6.07, 6.45) is 0. The molecule has 3 rings (SSSR count). The van der Waals surface area contributed by atoms with Crippen LogP contribution in [0.2, 0.25) is 0 Å². The van der Waals surface area contributed by atoms with Gasteiger partial charge in [0.15, 0.2) is 0 Å². The Balaban J connectivity index is 2.13. The highest BCUT2D eigenvalue weighted by Crippen LogP contribution is 2.61. The number of imide groups is 1. The molecule has 0 aromatic rings. The summed E-state index contributed by atoms with van der Waals surface area (Å²) in [6.45, 7) is 6.44. The summed E-state index contributed by atoms with van der Waals surface area (Å²) in [4.78, 5) is 25.5. The number of carbonyl (C=O) groups is 2. The van der Waals surface area contributed by atoms with Gasteiger partial charge in [0.25, 0.3) is 0 Å². The van der Waals surface area contributed by atoms with Gasteiger partial charge >= 0.3 is 0 Å². The van der Waals surface area contributed by atoms with E-state index in [-0.39, 0.29) is 23.7 Å². The maximum Gasteiger partial charge on any atom is 0.233 e. The third kappa shape index (κ3) is 0.827. The zero-order valence-corrected chi connectivity index (χ0v) is 10.2. The molecule has 16 heavy (non-hydrogen) atoms. The van der Waals surface area contributed by atoms with Gasteiger partial charge in [-0.1, -0.05) is 18.1 Å². The van der Waals surface area contributed by atoms with E-state index < -0.39 is 0 Å². The summed E-state index contributed by atoms with van der Waals surface area (Å²) in [5.41, 5.74) is 2.71. The van der Waals surface area contributed by atoms with E-state index in [9.17, 15) is 9.59 Å². The molecule has 2 amide bonds. The van der Waals surface area contributed by atoms with Crippen molar-refractivity contribution in [3.63, 3.8) is 0 Å². The number of likely N-dealkylation sites (tertiary alicyclic amines) is 1. The number of fused-ring (bicyclic) bond motifs is 5. The third-order valence-electron chi connectivity index (χ3n) is 5.15. The van der Waals surface area contributed by atoms with Crippen LogP contribution in [-0.2, 0) is 9.59 Å². The molecule has 2 aliphatic carbocycles. The second-order valence-corrected chi connectivity index (χ2v) is 5.56. The molecule has 0 spiro atoms. The lowest BCUT2D eigenvalue weighted by molar-refractivity contribution is -0.139. The molecule has 4 atom stereocenters. The average molecular weight is 219 g/mol. The maximum atomic E-state index is 12.1. The predicted molar refractivity (Wildman–Crippen MR) is 59.3 cm³/mol. The SMILES string of the molecule is CC1=C(C)C2C(C)C1C1C(=O)N(C)C(=O)C21. The van der Waals surface area contributed by atoms with E-state index in [1.54, 1.807) is 7.05 Å². The standard InChI is InChI=1S/C13H17NO2/c1-5-6(2)9-7(3)8(5)10-11(9)13(16)14(4)12(10)15/h7-11H,1-4H3. The highest BCUT2D eigenvalue weighted by molar-refractivity contribution is 6.06. The van der Waals surface area contributed by atoms with Crippen molar-refractivity contribution >= 4 is 11.8 Å². The lowest BCUT2D eigenvalue weighted by Crippen LogP contribution is -2.30. The fourth-order valence-electron chi connectivity index (χ4n) is 4.35. The number of hydrogen-bond acceptors (Lipinski definition) is 2. The molecule has 2 bridgehead atoms. The summed E-state index contributed by atoms with van der Waals surface area (Å²) < 4.78 is 0. The van der Waals surface area contributed by atoms with E-state index in [0.29, 0.717) is 17.8 Å². The van der Waals surface area contributed by atoms with Crippen molar-refractivity contribution in [3.05, 3.63) is 11.1 Å². The van der Waals surface area contributed by atoms with E-state index in [1.165, 1.54) is 16.0 Å². The minimum absolute atomic E-state index is 0.0428. The lowest BCUT2D eigenvalue weighted by atomic mass is 9.78. The van der Waals surface area contributed by atoms with Crippen molar-refractivity contribution in [1.82, 2.24) is 4.90 Å². The van der Waals surface area contributed by atoms with Crippen LogP contribution in [0.15, 0.2) is 11.1 Å². The molecule has 86 valence electrons. The van der Waals surface area contributed by atoms with Crippen LogP contribution in [0.3, 0.4) is 0 Å². The van der Waals surface area contributed by atoms with Crippen LogP contribution in [0.25, 0.3) is 0 Å². The number of amides is 2. The molecular formula is C13H17NO2. The zero-order chi connectivity index (χ0) is 11.8. The summed E-state index contributed by atoms with van der Waals surface area (Å²) in [5, 5.41) is 0. The minimum Gasteiger partial charge on any atom is -0.285 e. The first-order chi connectivity index (χ1) is 7.46. The molecule has 3 aliphatic rings. The fraction of sp³-hybridized carbons (Fsp3) is 0.692. The highest BCUT2D eigenvalue weighted by Gasteiger charge is 2.64. The molecule has 3 nitrogen and oxygen atoms in total.